The Morgan fingerprint density at radius 3 is 2.67 bits per heavy atom. The van der Waals surface area contributed by atoms with E-state index in [1.54, 1.807) is 24.3 Å². The lowest BCUT2D eigenvalue weighted by Crippen LogP contribution is -2.21. The van der Waals surface area contributed by atoms with E-state index in [1.165, 1.54) is 26.4 Å². The third-order valence-electron chi connectivity index (χ3n) is 3.75. The van der Waals surface area contributed by atoms with Gasteiger partial charge in [0, 0.05) is 11.8 Å². The molecule has 0 atom stereocenters. The molecule has 0 spiro atoms. The van der Waals surface area contributed by atoms with Gasteiger partial charge in [-0.05, 0) is 24.3 Å². The van der Waals surface area contributed by atoms with Crippen LogP contribution >= 0.6 is 0 Å². The molecule has 0 fully saturated rings. The fraction of sp³-hybridized carbons (Fsp3) is 0.263. The Morgan fingerprint density at radius 2 is 1.89 bits per heavy atom. The highest BCUT2D eigenvalue weighted by Crippen LogP contribution is 2.40. The number of benzene rings is 2. The number of carbonyl (C=O) groups is 2. The van der Waals surface area contributed by atoms with E-state index in [1.807, 2.05) is 0 Å². The summed E-state index contributed by atoms with van der Waals surface area (Å²) in [7, 11) is 2.99. The summed E-state index contributed by atoms with van der Waals surface area (Å²) in [4.78, 5) is 24.3. The smallest absolute Gasteiger partial charge is 0.338 e. The van der Waals surface area contributed by atoms with E-state index in [0.29, 0.717) is 41.9 Å². The maximum atomic E-state index is 12.3. The quantitative estimate of drug-likeness (QED) is 0.777. The summed E-state index contributed by atoms with van der Waals surface area (Å²) in [6, 6.07) is 9.83. The molecule has 1 amide bonds. The van der Waals surface area contributed by atoms with Gasteiger partial charge in [0.25, 0.3) is 5.91 Å². The van der Waals surface area contributed by atoms with Crippen LogP contribution in [-0.2, 0) is 9.53 Å². The van der Waals surface area contributed by atoms with Crippen molar-refractivity contribution < 1.29 is 33.3 Å². The highest BCUT2D eigenvalue weighted by atomic mass is 16.6. The number of ether oxygens (including phenoxy) is 5. The Bertz CT molecular complexity index is 833. The predicted molar refractivity (Wildman–Crippen MR) is 95.9 cm³/mol. The summed E-state index contributed by atoms with van der Waals surface area (Å²) in [5, 5.41) is 2.63. The zero-order chi connectivity index (χ0) is 19.2. The van der Waals surface area contributed by atoms with Crippen molar-refractivity contribution in [3.8, 4) is 23.0 Å². The summed E-state index contributed by atoms with van der Waals surface area (Å²) in [5.74, 6) is 0.657. The lowest BCUT2D eigenvalue weighted by Gasteiger charge is -2.21. The summed E-state index contributed by atoms with van der Waals surface area (Å²) >= 11 is 0. The number of hydrogen-bond donors (Lipinski definition) is 1. The maximum Gasteiger partial charge on any atom is 0.338 e. The minimum atomic E-state index is -0.675. The fourth-order valence-corrected chi connectivity index (χ4v) is 2.50. The minimum Gasteiger partial charge on any atom is -0.497 e. The molecule has 0 aliphatic carbocycles. The normalized spacial score (nSPS) is 12.1. The van der Waals surface area contributed by atoms with Crippen LogP contribution in [0.5, 0.6) is 23.0 Å². The summed E-state index contributed by atoms with van der Waals surface area (Å²) in [5.41, 5.74) is 0.738. The number of hydrogen-bond acceptors (Lipinski definition) is 7. The van der Waals surface area contributed by atoms with Crippen molar-refractivity contribution in [2.45, 2.75) is 0 Å². The predicted octanol–water partition coefficient (Wildman–Crippen LogP) is 2.27. The number of fused-ring (bicyclic) bond motifs is 1. The third-order valence-corrected chi connectivity index (χ3v) is 3.75. The van der Waals surface area contributed by atoms with Gasteiger partial charge in [-0.25, -0.2) is 4.79 Å². The third kappa shape index (κ3) is 4.41. The molecule has 142 valence electrons. The van der Waals surface area contributed by atoms with Crippen molar-refractivity contribution in [3.05, 3.63) is 42.0 Å². The molecule has 8 heteroatoms. The first-order valence-electron chi connectivity index (χ1n) is 8.19. The molecule has 0 saturated carbocycles. The monoisotopic (exact) mass is 373 g/mol. The van der Waals surface area contributed by atoms with Crippen LogP contribution in [0.1, 0.15) is 10.4 Å². The topological polar surface area (TPSA) is 92.3 Å². The second-order valence-corrected chi connectivity index (χ2v) is 5.56. The molecular formula is C19H19NO7. The van der Waals surface area contributed by atoms with E-state index in [9.17, 15) is 9.59 Å². The molecule has 1 N–H and O–H groups in total. The second-order valence-electron chi connectivity index (χ2n) is 5.56. The molecule has 1 heterocycles. The Kier molecular flexibility index (Phi) is 5.65. The summed E-state index contributed by atoms with van der Waals surface area (Å²) in [6.45, 7) is 0.335. The number of rotatable bonds is 6. The molecular weight excluding hydrogens is 354 g/mol. The van der Waals surface area contributed by atoms with Crippen molar-refractivity contribution in [2.24, 2.45) is 0 Å². The Hall–Kier alpha value is -3.42. The van der Waals surface area contributed by atoms with Crippen LogP contribution in [0.3, 0.4) is 0 Å². The van der Waals surface area contributed by atoms with Crippen LogP contribution < -0.4 is 24.3 Å². The number of methoxy groups -OCH3 is 2. The highest BCUT2D eigenvalue weighted by molar-refractivity contribution is 5.96. The van der Waals surface area contributed by atoms with Crippen LogP contribution in [0.25, 0.3) is 0 Å². The summed E-state index contributed by atoms with van der Waals surface area (Å²) < 4.78 is 26.4. The van der Waals surface area contributed by atoms with E-state index in [4.69, 9.17) is 23.7 Å². The number of amides is 1. The van der Waals surface area contributed by atoms with Gasteiger partial charge < -0.3 is 29.0 Å². The molecule has 3 rings (SSSR count). The van der Waals surface area contributed by atoms with Gasteiger partial charge in [0.05, 0.1) is 19.8 Å². The zero-order valence-corrected chi connectivity index (χ0v) is 14.9. The fourth-order valence-electron chi connectivity index (χ4n) is 2.50. The largest absolute Gasteiger partial charge is 0.497 e. The van der Waals surface area contributed by atoms with Gasteiger partial charge in [-0.3, -0.25) is 4.79 Å². The molecule has 2 aromatic rings. The minimum absolute atomic E-state index is 0.199. The molecule has 1 aliphatic rings. The van der Waals surface area contributed by atoms with E-state index >= 15 is 0 Å². The number of esters is 1. The molecule has 2 aromatic carbocycles. The molecule has 0 aromatic heterocycles. The van der Waals surface area contributed by atoms with Crippen LogP contribution in [0.15, 0.2) is 36.4 Å². The molecule has 27 heavy (non-hydrogen) atoms. The van der Waals surface area contributed by atoms with Crippen LogP contribution in [0.2, 0.25) is 0 Å². The van der Waals surface area contributed by atoms with Crippen molar-refractivity contribution in [1.82, 2.24) is 0 Å². The van der Waals surface area contributed by atoms with Crippen LogP contribution in [-0.4, -0.2) is 45.9 Å². The highest BCUT2D eigenvalue weighted by Gasteiger charge is 2.22. The maximum absolute atomic E-state index is 12.3. The van der Waals surface area contributed by atoms with E-state index < -0.39 is 18.5 Å². The molecule has 0 radical (unpaired) electrons. The first-order valence-corrected chi connectivity index (χ1v) is 8.19. The molecule has 8 nitrogen and oxygen atoms in total. The molecule has 0 unspecified atom stereocenters. The standard InChI is InChI=1S/C19H19NO7/c1-23-14-5-3-4-13(10-14)20-17(21)11-27-19(22)12-8-15(24-2)18-16(9-12)25-6-7-26-18/h3-5,8-10H,6-7,11H2,1-2H3,(H,20,21). The second kappa shape index (κ2) is 8.31. The van der Waals surface area contributed by atoms with E-state index in [2.05, 4.69) is 5.32 Å². The van der Waals surface area contributed by atoms with Crippen molar-refractivity contribution in [1.29, 1.82) is 0 Å². The van der Waals surface area contributed by atoms with Crippen molar-refractivity contribution in [3.63, 3.8) is 0 Å². The van der Waals surface area contributed by atoms with Crippen molar-refractivity contribution in [2.75, 3.05) is 39.4 Å². The van der Waals surface area contributed by atoms with Gasteiger partial charge in [0.1, 0.15) is 19.0 Å². The lowest BCUT2D eigenvalue weighted by molar-refractivity contribution is -0.119. The molecule has 0 saturated heterocycles. The SMILES string of the molecule is COc1cccc(NC(=O)COC(=O)c2cc(OC)c3c(c2)OCCO3)c1. The molecule has 0 bridgehead atoms. The van der Waals surface area contributed by atoms with Gasteiger partial charge in [-0.15, -0.1) is 0 Å². The van der Waals surface area contributed by atoms with E-state index in [0.717, 1.165) is 0 Å². The first kappa shape index (κ1) is 18.4. The number of carbonyl (C=O) groups excluding carboxylic acids is 2. The van der Waals surface area contributed by atoms with Gasteiger partial charge in [0.15, 0.2) is 18.1 Å². The summed E-state index contributed by atoms with van der Waals surface area (Å²) in [6.07, 6.45) is 0. The lowest BCUT2D eigenvalue weighted by atomic mass is 10.1. The Labute approximate surface area is 155 Å². The zero-order valence-electron chi connectivity index (χ0n) is 14.9. The Morgan fingerprint density at radius 1 is 1.07 bits per heavy atom. The molecule has 1 aliphatic heterocycles. The average Bonchev–Trinajstić information content (AvgIpc) is 2.71. The van der Waals surface area contributed by atoms with Crippen LogP contribution in [0.4, 0.5) is 5.69 Å². The van der Waals surface area contributed by atoms with Crippen LogP contribution in [0, 0.1) is 0 Å². The van der Waals surface area contributed by atoms with Gasteiger partial charge in [0.2, 0.25) is 5.75 Å². The van der Waals surface area contributed by atoms with Gasteiger partial charge in [-0.2, -0.15) is 0 Å². The Balaban J connectivity index is 1.62. The van der Waals surface area contributed by atoms with Gasteiger partial charge in [-0.1, -0.05) is 6.07 Å². The number of anilines is 1. The number of nitrogens with one attached hydrogen (secondary N) is 1. The van der Waals surface area contributed by atoms with E-state index in [-0.39, 0.29) is 5.56 Å². The van der Waals surface area contributed by atoms with Gasteiger partial charge >= 0.3 is 5.97 Å². The van der Waals surface area contributed by atoms with Crippen molar-refractivity contribution >= 4 is 17.6 Å². The average molecular weight is 373 g/mol. The first-order chi connectivity index (χ1) is 13.1.